The number of hydrogen-bond acceptors (Lipinski definition) is 2. The summed E-state index contributed by atoms with van der Waals surface area (Å²) in [7, 11) is 0. The summed E-state index contributed by atoms with van der Waals surface area (Å²) in [6.45, 7) is 12.0. The molecule has 1 unspecified atom stereocenters. The van der Waals surface area contributed by atoms with Gasteiger partial charge in [-0.05, 0) is 33.3 Å². The van der Waals surface area contributed by atoms with E-state index in [4.69, 9.17) is 0 Å². The summed E-state index contributed by atoms with van der Waals surface area (Å²) in [4.78, 5) is 8.82. The summed E-state index contributed by atoms with van der Waals surface area (Å²) in [5.74, 6) is 1.92. The van der Waals surface area contributed by atoms with Crippen LogP contribution in [0, 0.1) is 6.92 Å². The molecule has 1 rings (SSSR count). The zero-order chi connectivity index (χ0) is 11.4. The topological polar surface area (TPSA) is 30.2 Å². The van der Waals surface area contributed by atoms with Gasteiger partial charge in [0.1, 0.15) is 11.5 Å². The molecule has 0 radical (unpaired) electrons. The van der Waals surface area contributed by atoms with Crippen molar-refractivity contribution in [1.29, 1.82) is 0 Å². The molecule has 1 aromatic heterocycles. The zero-order valence-electron chi connectivity index (χ0n) is 9.99. The van der Waals surface area contributed by atoms with Gasteiger partial charge >= 0.3 is 0 Å². The van der Waals surface area contributed by atoms with Crippen LogP contribution in [0.25, 0.3) is 6.08 Å². The number of nitrogens with zero attached hydrogens (tertiary/aromatic N) is 3. The molecule has 1 atom stereocenters. The van der Waals surface area contributed by atoms with Gasteiger partial charge in [-0.2, -0.15) is 0 Å². The van der Waals surface area contributed by atoms with Gasteiger partial charge in [0, 0.05) is 12.3 Å². The van der Waals surface area contributed by atoms with Crippen LogP contribution in [0.15, 0.2) is 11.6 Å². The highest BCUT2D eigenvalue weighted by Gasteiger charge is 2.14. The lowest BCUT2D eigenvalue weighted by Gasteiger charge is -2.14. The maximum atomic E-state index is 4.45. The summed E-state index contributed by atoms with van der Waals surface area (Å²) in [5.41, 5.74) is 0.867. The van der Waals surface area contributed by atoms with Gasteiger partial charge in [0.05, 0.1) is 0 Å². The quantitative estimate of drug-likeness (QED) is 0.691. The molecular formula is C12H19N3. The first kappa shape index (κ1) is 11.7. The van der Waals surface area contributed by atoms with Gasteiger partial charge in [0.25, 0.3) is 0 Å². The van der Waals surface area contributed by atoms with Crippen LogP contribution in [-0.4, -0.2) is 15.8 Å². The molecule has 0 fully saturated rings. The lowest BCUT2D eigenvalue weighted by molar-refractivity contribution is 0.522. The van der Waals surface area contributed by atoms with E-state index in [1.54, 1.807) is 12.3 Å². The first-order chi connectivity index (χ1) is 7.15. The fourth-order valence-corrected chi connectivity index (χ4v) is 1.65. The lowest BCUT2D eigenvalue weighted by Crippen LogP contribution is -2.05. The van der Waals surface area contributed by atoms with Crippen molar-refractivity contribution < 1.29 is 0 Å². The Labute approximate surface area is 91.6 Å². The Bertz CT molecular complexity index is 374. The molecule has 0 aliphatic carbocycles. The van der Waals surface area contributed by atoms with Crippen molar-refractivity contribution in [2.75, 3.05) is 0 Å². The molecule has 0 N–H and O–H groups in total. The van der Waals surface area contributed by atoms with Crippen LogP contribution in [0.1, 0.15) is 44.8 Å². The van der Waals surface area contributed by atoms with Crippen LogP contribution < -0.4 is 0 Å². The van der Waals surface area contributed by atoms with Crippen molar-refractivity contribution in [2.45, 2.75) is 40.2 Å². The Morgan fingerprint density at radius 2 is 2.27 bits per heavy atom. The van der Waals surface area contributed by atoms with Gasteiger partial charge in [-0.15, -0.1) is 0 Å². The molecule has 1 aromatic rings. The fourth-order valence-electron chi connectivity index (χ4n) is 1.65. The smallest absolute Gasteiger partial charge is 0.159 e. The molecule has 82 valence electrons. The van der Waals surface area contributed by atoms with Gasteiger partial charge in [-0.25, -0.2) is 9.98 Å². The van der Waals surface area contributed by atoms with Crippen LogP contribution in [0.3, 0.4) is 0 Å². The van der Waals surface area contributed by atoms with Crippen LogP contribution in [-0.2, 0) is 0 Å². The minimum absolute atomic E-state index is 0.421. The average Bonchev–Trinajstić information content (AvgIpc) is 2.54. The zero-order valence-corrected chi connectivity index (χ0v) is 9.99. The first-order valence-corrected chi connectivity index (χ1v) is 5.35. The van der Waals surface area contributed by atoms with E-state index in [2.05, 4.69) is 35.0 Å². The second-order valence-electron chi connectivity index (χ2n) is 3.59. The third-order valence-electron chi connectivity index (χ3n) is 2.56. The van der Waals surface area contributed by atoms with E-state index in [9.17, 15) is 0 Å². The van der Waals surface area contributed by atoms with Crippen LogP contribution in [0.2, 0.25) is 0 Å². The molecule has 3 nitrogen and oxygen atoms in total. The molecule has 0 saturated carbocycles. The van der Waals surface area contributed by atoms with E-state index in [1.807, 2.05) is 13.8 Å². The second-order valence-corrected chi connectivity index (χ2v) is 3.59. The summed E-state index contributed by atoms with van der Waals surface area (Å²) in [5, 5.41) is 0. The summed E-state index contributed by atoms with van der Waals surface area (Å²) >= 11 is 0. The highest BCUT2D eigenvalue weighted by atomic mass is 15.2. The van der Waals surface area contributed by atoms with Gasteiger partial charge < -0.3 is 4.57 Å². The van der Waals surface area contributed by atoms with E-state index in [1.165, 1.54) is 0 Å². The Kier molecular flexibility index (Phi) is 3.83. The summed E-state index contributed by atoms with van der Waals surface area (Å²) in [6, 6.07) is 0.421. The summed E-state index contributed by atoms with van der Waals surface area (Å²) in [6.07, 6.45) is 4.62. The highest BCUT2D eigenvalue weighted by Crippen LogP contribution is 2.27. The second kappa shape index (κ2) is 4.91. The molecule has 15 heavy (non-hydrogen) atoms. The number of rotatable bonds is 4. The number of aromatic nitrogens is 2. The average molecular weight is 205 g/mol. The first-order valence-electron chi connectivity index (χ1n) is 5.35. The van der Waals surface area contributed by atoms with Crippen molar-refractivity contribution in [3.05, 3.63) is 18.1 Å². The molecule has 0 spiro atoms. The Morgan fingerprint density at radius 3 is 2.73 bits per heavy atom. The van der Waals surface area contributed by atoms with Crippen molar-refractivity contribution >= 4 is 18.1 Å². The predicted octanol–water partition coefficient (Wildman–Crippen LogP) is 3.53. The monoisotopic (exact) mass is 205 g/mol. The van der Waals surface area contributed by atoms with Crippen LogP contribution in [0.5, 0.6) is 0 Å². The maximum absolute atomic E-state index is 4.45. The van der Waals surface area contributed by atoms with E-state index in [-0.39, 0.29) is 0 Å². The third kappa shape index (κ3) is 2.17. The highest BCUT2D eigenvalue weighted by molar-refractivity contribution is 5.65. The minimum Gasteiger partial charge on any atom is -0.310 e. The Morgan fingerprint density at radius 1 is 1.60 bits per heavy atom. The Hall–Kier alpha value is -1.38. The van der Waals surface area contributed by atoms with Gasteiger partial charge in [0.15, 0.2) is 5.82 Å². The lowest BCUT2D eigenvalue weighted by atomic mass is 10.2. The summed E-state index contributed by atoms with van der Waals surface area (Å²) < 4.78 is 2.16. The van der Waals surface area contributed by atoms with E-state index in [0.717, 1.165) is 23.8 Å². The maximum Gasteiger partial charge on any atom is 0.159 e. The van der Waals surface area contributed by atoms with Crippen molar-refractivity contribution in [2.24, 2.45) is 4.99 Å². The SMILES string of the molecule is C=Cc1nc(C)n(C(C)CC)c1N=CC. The van der Waals surface area contributed by atoms with E-state index >= 15 is 0 Å². The normalized spacial score (nSPS) is 13.3. The number of aryl methyl sites for hydroxylation is 1. The molecule has 0 saturated heterocycles. The van der Waals surface area contributed by atoms with Crippen molar-refractivity contribution in [1.82, 2.24) is 9.55 Å². The largest absolute Gasteiger partial charge is 0.310 e. The molecule has 0 bridgehead atoms. The molecule has 0 aromatic carbocycles. The number of aliphatic imine (C=N–C) groups is 1. The fraction of sp³-hybridized carbons (Fsp3) is 0.500. The number of hydrogen-bond donors (Lipinski definition) is 0. The predicted molar refractivity (Wildman–Crippen MR) is 65.9 cm³/mol. The molecule has 3 heteroatoms. The van der Waals surface area contributed by atoms with Crippen molar-refractivity contribution in [3.8, 4) is 0 Å². The Balaban J connectivity index is 3.34. The molecule has 0 amide bonds. The molecular weight excluding hydrogens is 186 g/mol. The van der Waals surface area contributed by atoms with Crippen molar-refractivity contribution in [3.63, 3.8) is 0 Å². The standard InChI is InChI=1S/C12H19N3/c1-6-9(4)15-10(5)14-11(7-2)12(15)13-8-3/h7-9H,2,6H2,1,3-5H3. The van der Waals surface area contributed by atoms with Crippen LogP contribution in [0.4, 0.5) is 5.82 Å². The van der Waals surface area contributed by atoms with E-state index in [0.29, 0.717) is 6.04 Å². The van der Waals surface area contributed by atoms with Gasteiger partial charge in [-0.1, -0.05) is 13.5 Å². The molecule has 1 heterocycles. The van der Waals surface area contributed by atoms with Crippen LogP contribution >= 0.6 is 0 Å². The molecule has 0 aliphatic heterocycles. The third-order valence-corrected chi connectivity index (χ3v) is 2.56. The van der Waals surface area contributed by atoms with Gasteiger partial charge in [0.2, 0.25) is 0 Å². The van der Waals surface area contributed by atoms with Gasteiger partial charge in [-0.3, -0.25) is 0 Å². The molecule has 0 aliphatic rings. The minimum atomic E-state index is 0.421. The van der Waals surface area contributed by atoms with E-state index < -0.39 is 0 Å². The number of imidazole rings is 1.